The molecule has 4 fully saturated rings. The molecule has 0 spiro atoms. The SMILES string of the molecule is O=C1C=CC(C(=O)NC23CC4CC(CC(C4)C2)C3)N1. The molecular formula is C15H20N2O2. The van der Waals surface area contributed by atoms with Gasteiger partial charge in [0.2, 0.25) is 11.8 Å². The minimum Gasteiger partial charge on any atom is -0.349 e. The van der Waals surface area contributed by atoms with Gasteiger partial charge >= 0.3 is 0 Å². The lowest BCUT2D eigenvalue weighted by Gasteiger charge is -2.57. The summed E-state index contributed by atoms with van der Waals surface area (Å²) < 4.78 is 0. The number of amides is 2. The van der Waals surface area contributed by atoms with Crippen molar-refractivity contribution in [2.45, 2.75) is 50.1 Å². The predicted octanol–water partition coefficient (Wildman–Crippen LogP) is 1.13. The Morgan fingerprint density at radius 2 is 1.74 bits per heavy atom. The number of nitrogens with one attached hydrogen (secondary N) is 2. The second-order valence-corrected chi connectivity index (χ2v) is 7.03. The lowest BCUT2D eigenvalue weighted by Crippen LogP contribution is -2.62. The smallest absolute Gasteiger partial charge is 0.247 e. The molecule has 5 aliphatic rings. The Labute approximate surface area is 113 Å². The summed E-state index contributed by atoms with van der Waals surface area (Å²) in [5, 5.41) is 5.96. The summed E-state index contributed by atoms with van der Waals surface area (Å²) >= 11 is 0. The minimum absolute atomic E-state index is 0.0240. The van der Waals surface area contributed by atoms with E-state index >= 15 is 0 Å². The van der Waals surface area contributed by atoms with Crippen LogP contribution in [0.5, 0.6) is 0 Å². The summed E-state index contributed by atoms with van der Waals surface area (Å²) in [6.45, 7) is 0. The molecule has 0 saturated heterocycles. The van der Waals surface area contributed by atoms with E-state index in [0.717, 1.165) is 37.0 Å². The fraction of sp³-hybridized carbons (Fsp3) is 0.733. The van der Waals surface area contributed by atoms with Crippen LogP contribution in [-0.2, 0) is 9.59 Å². The molecule has 19 heavy (non-hydrogen) atoms. The van der Waals surface area contributed by atoms with Crippen molar-refractivity contribution in [3.63, 3.8) is 0 Å². The summed E-state index contributed by atoms with van der Waals surface area (Å²) in [6, 6.07) is -0.458. The van der Waals surface area contributed by atoms with Crippen LogP contribution in [0.2, 0.25) is 0 Å². The maximum Gasteiger partial charge on any atom is 0.247 e. The van der Waals surface area contributed by atoms with E-state index in [1.807, 2.05) is 0 Å². The van der Waals surface area contributed by atoms with Crippen molar-refractivity contribution in [1.29, 1.82) is 0 Å². The molecule has 2 amide bonds. The van der Waals surface area contributed by atoms with E-state index in [2.05, 4.69) is 10.6 Å². The second-order valence-electron chi connectivity index (χ2n) is 7.03. The van der Waals surface area contributed by atoms with Crippen LogP contribution < -0.4 is 10.6 Å². The van der Waals surface area contributed by atoms with E-state index in [4.69, 9.17) is 0 Å². The Morgan fingerprint density at radius 3 is 2.21 bits per heavy atom. The number of rotatable bonds is 2. The summed E-state index contributed by atoms with van der Waals surface area (Å²) in [5.41, 5.74) is 0.0347. The molecule has 0 radical (unpaired) electrons. The van der Waals surface area contributed by atoms with Gasteiger partial charge in [0, 0.05) is 11.6 Å². The highest BCUT2D eigenvalue weighted by Gasteiger charge is 2.51. The molecule has 5 rings (SSSR count). The highest BCUT2D eigenvalue weighted by Crippen LogP contribution is 2.55. The van der Waals surface area contributed by atoms with Crippen molar-refractivity contribution >= 4 is 11.8 Å². The lowest BCUT2D eigenvalue weighted by atomic mass is 9.53. The van der Waals surface area contributed by atoms with E-state index in [0.29, 0.717) is 0 Å². The molecule has 4 saturated carbocycles. The molecule has 0 aromatic rings. The zero-order valence-corrected chi connectivity index (χ0v) is 11.0. The van der Waals surface area contributed by atoms with E-state index in [1.54, 1.807) is 6.08 Å². The minimum atomic E-state index is -0.458. The second kappa shape index (κ2) is 3.84. The van der Waals surface area contributed by atoms with Gasteiger partial charge in [-0.3, -0.25) is 9.59 Å². The quantitative estimate of drug-likeness (QED) is 0.782. The van der Waals surface area contributed by atoms with Crippen molar-refractivity contribution in [3.05, 3.63) is 12.2 Å². The monoisotopic (exact) mass is 260 g/mol. The van der Waals surface area contributed by atoms with Gasteiger partial charge in [0.25, 0.3) is 0 Å². The molecule has 0 aromatic heterocycles. The molecular weight excluding hydrogens is 240 g/mol. The van der Waals surface area contributed by atoms with Gasteiger partial charge in [-0.2, -0.15) is 0 Å². The molecule has 4 aliphatic carbocycles. The molecule has 4 nitrogen and oxygen atoms in total. The predicted molar refractivity (Wildman–Crippen MR) is 70.1 cm³/mol. The van der Waals surface area contributed by atoms with Crippen molar-refractivity contribution in [3.8, 4) is 0 Å². The average Bonchev–Trinajstić information content (AvgIpc) is 2.73. The van der Waals surface area contributed by atoms with Crippen LogP contribution in [0.3, 0.4) is 0 Å². The topological polar surface area (TPSA) is 58.2 Å². The zero-order chi connectivity index (χ0) is 13.0. The van der Waals surface area contributed by atoms with E-state index in [1.165, 1.54) is 25.3 Å². The summed E-state index contributed by atoms with van der Waals surface area (Å²) in [5.74, 6) is 2.27. The Bertz CT molecular complexity index is 433. The first-order valence-corrected chi connectivity index (χ1v) is 7.43. The van der Waals surface area contributed by atoms with Crippen molar-refractivity contribution in [1.82, 2.24) is 10.6 Å². The fourth-order valence-corrected chi connectivity index (χ4v) is 5.19. The van der Waals surface area contributed by atoms with Gasteiger partial charge in [-0.15, -0.1) is 0 Å². The zero-order valence-electron chi connectivity index (χ0n) is 11.0. The fourth-order valence-electron chi connectivity index (χ4n) is 5.19. The molecule has 1 atom stereocenters. The van der Waals surface area contributed by atoms with E-state index in [-0.39, 0.29) is 17.4 Å². The van der Waals surface area contributed by atoms with Gasteiger partial charge in [-0.05, 0) is 62.4 Å². The first-order chi connectivity index (χ1) is 9.12. The Hall–Kier alpha value is -1.32. The van der Waals surface area contributed by atoms with Crippen molar-refractivity contribution < 1.29 is 9.59 Å². The molecule has 4 heteroatoms. The molecule has 2 N–H and O–H groups in total. The molecule has 4 bridgehead atoms. The maximum absolute atomic E-state index is 12.3. The van der Waals surface area contributed by atoms with E-state index in [9.17, 15) is 9.59 Å². The van der Waals surface area contributed by atoms with Gasteiger partial charge in [0.15, 0.2) is 0 Å². The number of hydrogen-bond acceptors (Lipinski definition) is 2. The third-order valence-corrected chi connectivity index (χ3v) is 5.45. The highest BCUT2D eigenvalue weighted by atomic mass is 16.2. The van der Waals surface area contributed by atoms with Crippen LogP contribution in [-0.4, -0.2) is 23.4 Å². The van der Waals surface area contributed by atoms with Crippen molar-refractivity contribution in [2.24, 2.45) is 17.8 Å². The van der Waals surface area contributed by atoms with Crippen LogP contribution in [0.15, 0.2) is 12.2 Å². The number of hydrogen-bond donors (Lipinski definition) is 2. The van der Waals surface area contributed by atoms with Gasteiger partial charge < -0.3 is 10.6 Å². The molecule has 102 valence electrons. The lowest BCUT2D eigenvalue weighted by molar-refractivity contribution is -0.129. The van der Waals surface area contributed by atoms with Crippen LogP contribution >= 0.6 is 0 Å². The van der Waals surface area contributed by atoms with Crippen LogP contribution in [0.1, 0.15) is 38.5 Å². The first-order valence-electron chi connectivity index (χ1n) is 7.43. The first kappa shape index (κ1) is 11.5. The van der Waals surface area contributed by atoms with Crippen LogP contribution in [0.25, 0.3) is 0 Å². The van der Waals surface area contributed by atoms with Gasteiger partial charge in [0.1, 0.15) is 6.04 Å². The summed E-state index contributed by atoms with van der Waals surface area (Å²) in [7, 11) is 0. The Balaban J connectivity index is 1.49. The Kier molecular flexibility index (Phi) is 2.32. The molecule has 1 unspecified atom stereocenters. The largest absolute Gasteiger partial charge is 0.349 e. The average molecular weight is 260 g/mol. The maximum atomic E-state index is 12.3. The van der Waals surface area contributed by atoms with Crippen LogP contribution in [0.4, 0.5) is 0 Å². The normalized spacial score (nSPS) is 46.4. The van der Waals surface area contributed by atoms with Gasteiger partial charge in [-0.25, -0.2) is 0 Å². The third kappa shape index (κ3) is 1.88. The summed E-state index contributed by atoms with van der Waals surface area (Å²) in [6.07, 6.45) is 10.7. The molecule has 1 heterocycles. The van der Waals surface area contributed by atoms with Crippen molar-refractivity contribution in [2.75, 3.05) is 0 Å². The molecule has 1 aliphatic heterocycles. The van der Waals surface area contributed by atoms with Gasteiger partial charge in [0.05, 0.1) is 0 Å². The highest BCUT2D eigenvalue weighted by molar-refractivity contribution is 5.98. The number of carbonyl (C=O) groups excluding carboxylic acids is 2. The van der Waals surface area contributed by atoms with Crippen LogP contribution in [0, 0.1) is 17.8 Å². The standard InChI is InChI=1S/C15H20N2O2/c18-13-2-1-12(16-13)14(19)17-15-6-9-3-10(7-15)5-11(4-9)8-15/h1-2,9-12H,3-8H2,(H,16,18)(H,17,19). The van der Waals surface area contributed by atoms with E-state index < -0.39 is 6.04 Å². The Morgan fingerprint density at radius 1 is 1.16 bits per heavy atom. The molecule has 0 aromatic carbocycles. The van der Waals surface area contributed by atoms with Gasteiger partial charge in [-0.1, -0.05) is 0 Å². The number of carbonyl (C=O) groups is 2. The summed E-state index contributed by atoms with van der Waals surface area (Å²) in [4.78, 5) is 23.4. The third-order valence-electron chi connectivity index (χ3n) is 5.45.